The number of hydrogen-bond acceptors (Lipinski definition) is 5. The van der Waals surface area contributed by atoms with Crippen molar-refractivity contribution in [1.82, 2.24) is 0 Å². The highest BCUT2D eigenvalue weighted by atomic mass is 16.5. The van der Waals surface area contributed by atoms with Crippen LogP contribution in [0.15, 0.2) is 48.5 Å². The maximum absolute atomic E-state index is 12.3. The Morgan fingerprint density at radius 3 is 2.18 bits per heavy atom. The summed E-state index contributed by atoms with van der Waals surface area (Å²) in [5.74, 6) is 0.831. The summed E-state index contributed by atoms with van der Waals surface area (Å²) in [6.07, 6.45) is -1.23. The fourth-order valence-electron chi connectivity index (χ4n) is 1.97. The maximum Gasteiger partial charge on any atom is 0.195 e. The lowest BCUT2D eigenvalue weighted by Crippen LogP contribution is -2.12. The lowest BCUT2D eigenvalue weighted by molar-refractivity contribution is 0.0747. The van der Waals surface area contributed by atoms with Crippen LogP contribution in [0.1, 0.15) is 22.0 Å². The number of aliphatic hydroxyl groups excluding tert-OH is 2. The highest BCUT2D eigenvalue weighted by Gasteiger charge is 2.19. The quantitative estimate of drug-likeness (QED) is 0.765. The van der Waals surface area contributed by atoms with E-state index < -0.39 is 6.10 Å². The molecule has 0 spiro atoms. The predicted molar refractivity (Wildman–Crippen MR) is 81.3 cm³/mol. The van der Waals surface area contributed by atoms with Crippen molar-refractivity contribution in [2.75, 3.05) is 20.3 Å². The second kappa shape index (κ2) is 7.59. The van der Waals surface area contributed by atoms with Crippen LogP contribution in [0.25, 0.3) is 0 Å². The molecule has 0 saturated heterocycles. The second-order valence-electron chi connectivity index (χ2n) is 4.64. The van der Waals surface area contributed by atoms with Crippen LogP contribution in [0.5, 0.6) is 11.5 Å². The van der Waals surface area contributed by atoms with Crippen molar-refractivity contribution in [3.05, 3.63) is 59.7 Å². The number of aliphatic hydroxyl groups is 2. The number of hydrogen-bond donors (Lipinski definition) is 2. The first kappa shape index (κ1) is 16.0. The van der Waals surface area contributed by atoms with Crippen molar-refractivity contribution in [2.45, 2.75) is 6.10 Å². The van der Waals surface area contributed by atoms with Crippen molar-refractivity contribution < 1.29 is 24.5 Å². The number of ether oxygens (including phenoxy) is 2. The Hall–Kier alpha value is -2.37. The van der Waals surface area contributed by atoms with Crippen molar-refractivity contribution in [3.8, 4) is 11.5 Å². The number of ketones is 1. The first-order chi connectivity index (χ1) is 10.7. The SMILES string of the molecule is COc1ccc(C(O)C(=O)c2ccc(OCCO)cc2)cc1. The normalized spacial score (nSPS) is 11.8. The van der Waals surface area contributed by atoms with Gasteiger partial charge in [0.25, 0.3) is 0 Å². The third-order valence-electron chi connectivity index (χ3n) is 3.18. The lowest BCUT2D eigenvalue weighted by Gasteiger charge is -2.11. The van der Waals surface area contributed by atoms with E-state index in [0.29, 0.717) is 22.6 Å². The van der Waals surface area contributed by atoms with Crippen LogP contribution in [-0.2, 0) is 0 Å². The number of benzene rings is 2. The predicted octanol–water partition coefficient (Wildman–Crippen LogP) is 1.98. The fraction of sp³-hybridized carbons (Fsp3) is 0.235. The summed E-state index contributed by atoms with van der Waals surface area (Å²) in [7, 11) is 1.55. The fourth-order valence-corrected chi connectivity index (χ4v) is 1.97. The standard InChI is InChI=1S/C17H18O5/c1-21-14-6-2-12(3-7-14)16(19)17(20)13-4-8-15(9-5-13)22-11-10-18/h2-9,16,18-19H,10-11H2,1H3. The van der Waals surface area contributed by atoms with E-state index in [1.165, 1.54) is 0 Å². The van der Waals surface area contributed by atoms with Gasteiger partial charge in [-0.25, -0.2) is 0 Å². The Morgan fingerprint density at radius 2 is 1.64 bits per heavy atom. The molecule has 0 aliphatic heterocycles. The molecular weight excluding hydrogens is 284 g/mol. The van der Waals surface area contributed by atoms with Crippen molar-refractivity contribution in [1.29, 1.82) is 0 Å². The summed E-state index contributed by atoms with van der Waals surface area (Å²) < 4.78 is 10.3. The van der Waals surface area contributed by atoms with Gasteiger partial charge in [-0.05, 0) is 42.0 Å². The van der Waals surface area contributed by atoms with E-state index in [1.807, 2.05) is 0 Å². The van der Waals surface area contributed by atoms with Crippen LogP contribution in [0, 0.1) is 0 Å². The monoisotopic (exact) mass is 302 g/mol. The Balaban J connectivity index is 2.08. The van der Waals surface area contributed by atoms with Gasteiger partial charge in [-0.2, -0.15) is 0 Å². The van der Waals surface area contributed by atoms with E-state index in [0.717, 1.165) is 0 Å². The Bertz CT molecular complexity index is 604. The van der Waals surface area contributed by atoms with Gasteiger partial charge in [-0.3, -0.25) is 4.79 Å². The molecule has 0 amide bonds. The molecule has 0 aliphatic carbocycles. The molecule has 2 N–H and O–H groups in total. The lowest BCUT2D eigenvalue weighted by atomic mass is 10.00. The van der Waals surface area contributed by atoms with E-state index in [4.69, 9.17) is 14.6 Å². The summed E-state index contributed by atoms with van der Waals surface area (Å²) in [4.78, 5) is 12.3. The molecule has 1 atom stereocenters. The molecule has 2 aromatic carbocycles. The molecule has 0 bridgehead atoms. The third-order valence-corrected chi connectivity index (χ3v) is 3.18. The van der Waals surface area contributed by atoms with Gasteiger partial charge >= 0.3 is 0 Å². The van der Waals surface area contributed by atoms with Crippen LogP contribution >= 0.6 is 0 Å². The van der Waals surface area contributed by atoms with E-state index >= 15 is 0 Å². The molecule has 0 aromatic heterocycles. The van der Waals surface area contributed by atoms with Gasteiger partial charge in [0, 0.05) is 5.56 Å². The molecule has 0 aliphatic rings. The molecule has 0 fully saturated rings. The average Bonchev–Trinajstić information content (AvgIpc) is 2.59. The van der Waals surface area contributed by atoms with Gasteiger partial charge < -0.3 is 19.7 Å². The zero-order valence-corrected chi connectivity index (χ0v) is 12.2. The topological polar surface area (TPSA) is 76.0 Å². The second-order valence-corrected chi connectivity index (χ2v) is 4.64. The van der Waals surface area contributed by atoms with Crippen molar-refractivity contribution >= 4 is 5.78 Å². The zero-order chi connectivity index (χ0) is 15.9. The molecule has 116 valence electrons. The van der Waals surface area contributed by atoms with Gasteiger partial charge in [0.15, 0.2) is 5.78 Å². The molecular formula is C17H18O5. The highest BCUT2D eigenvalue weighted by molar-refractivity contribution is 5.99. The van der Waals surface area contributed by atoms with E-state index in [2.05, 4.69) is 0 Å². The van der Waals surface area contributed by atoms with E-state index in [1.54, 1.807) is 55.6 Å². The van der Waals surface area contributed by atoms with E-state index in [9.17, 15) is 9.90 Å². The molecule has 0 heterocycles. The number of methoxy groups -OCH3 is 1. The number of carbonyl (C=O) groups is 1. The number of rotatable bonds is 7. The molecule has 2 rings (SSSR count). The third kappa shape index (κ3) is 3.84. The minimum atomic E-state index is -1.23. The summed E-state index contributed by atoms with van der Waals surface area (Å²) in [5, 5.41) is 18.8. The minimum Gasteiger partial charge on any atom is -0.497 e. The van der Waals surface area contributed by atoms with Crippen molar-refractivity contribution in [3.63, 3.8) is 0 Å². The van der Waals surface area contributed by atoms with Gasteiger partial charge in [-0.15, -0.1) is 0 Å². The van der Waals surface area contributed by atoms with E-state index in [-0.39, 0.29) is 19.0 Å². The molecule has 0 saturated carbocycles. The summed E-state index contributed by atoms with van der Waals surface area (Å²) in [5.41, 5.74) is 0.895. The Morgan fingerprint density at radius 1 is 1.05 bits per heavy atom. The zero-order valence-electron chi connectivity index (χ0n) is 12.2. The van der Waals surface area contributed by atoms with Gasteiger partial charge in [0.2, 0.25) is 0 Å². The van der Waals surface area contributed by atoms with Gasteiger partial charge in [-0.1, -0.05) is 12.1 Å². The maximum atomic E-state index is 12.3. The summed E-state index contributed by atoms with van der Waals surface area (Å²) in [6, 6.07) is 13.1. The summed E-state index contributed by atoms with van der Waals surface area (Å²) in [6.45, 7) is 0.124. The Kier molecular flexibility index (Phi) is 5.52. The van der Waals surface area contributed by atoms with Crippen LogP contribution < -0.4 is 9.47 Å². The average molecular weight is 302 g/mol. The highest BCUT2D eigenvalue weighted by Crippen LogP contribution is 2.22. The first-order valence-corrected chi connectivity index (χ1v) is 6.85. The largest absolute Gasteiger partial charge is 0.497 e. The molecule has 5 nitrogen and oxygen atoms in total. The number of carbonyl (C=O) groups excluding carboxylic acids is 1. The van der Waals surface area contributed by atoms with Gasteiger partial charge in [0.05, 0.1) is 13.7 Å². The molecule has 2 aromatic rings. The van der Waals surface area contributed by atoms with Crippen LogP contribution in [0.3, 0.4) is 0 Å². The number of Topliss-reactive ketones (excluding diaryl/α,β-unsaturated/α-hetero) is 1. The first-order valence-electron chi connectivity index (χ1n) is 6.85. The smallest absolute Gasteiger partial charge is 0.195 e. The van der Waals surface area contributed by atoms with Crippen LogP contribution in [0.2, 0.25) is 0 Å². The molecule has 1 unspecified atom stereocenters. The van der Waals surface area contributed by atoms with Crippen molar-refractivity contribution in [2.24, 2.45) is 0 Å². The molecule has 5 heteroatoms. The Labute approximate surface area is 128 Å². The summed E-state index contributed by atoms with van der Waals surface area (Å²) >= 11 is 0. The van der Waals surface area contributed by atoms with Gasteiger partial charge in [0.1, 0.15) is 24.2 Å². The minimum absolute atomic E-state index is 0.0726. The molecule has 0 radical (unpaired) electrons. The van der Waals surface area contributed by atoms with Crippen LogP contribution in [-0.4, -0.2) is 36.3 Å². The van der Waals surface area contributed by atoms with Crippen LogP contribution in [0.4, 0.5) is 0 Å². The molecule has 22 heavy (non-hydrogen) atoms.